The van der Waals surface area contributed by atoms with Gasteiger partial charge in [0.15, 0.2) is 17.2 Å². The molecule has 6 heteroatoms. The molecule has 2 aromatic carbocycles. The van der Waals surface area contributed by atoms with Crippen LogP contribution < -0.4 is 4.74 Å². The number of hydrogen-bond donors (Lipinski definition) is 5. The van der Waals surface area contributed by atoms with Crippen molar-refractivity contribution in [2.24, 2.45) is 5.92 Å². The summed E-state index contributed by atoms with van der Waals surface area (Å²) in [7, 11) is 0. The Balaban J connectivity index is 2.13. The fourth-order valence-corrected chi connectivity index (χ4v) is 3.73. The lowest BCUT2D eigenvalue weighted by Crippen LogP contribution is -2.25. The molecule has 0 saturated carbocycles. The first-order valence-electron chi connectivity index (χ1n) is 8.80. The van der Waals surface area contributed by atoms with Crippen LogP contribution in [-0.2, 0) is 19.3 Å². The Morgan fingerprint density at radius 3 is 2.00 bits per heavy atom. The predicted molar refractivity (Wildman–Crippen MR) is 96.2 cm³/mol. The van der Waals surface area contributed by atoms with Crippen LogP contribution in [0.3, 0.4) is 0 Å². The van der Waals surface area contributed by atoms with E-state index in [1.54, 1.807) is 0 Å². The summed E-state index contributed by atoms with van der Waals surface area (Å²) in [6, 6.07) is 2.71. The van der Waals surface area contributed by atoms with Gasteiger partial charge in [-0.1, -0.05) is 20.8 Å². The second-order valence-electron chi connectivity index (χ2n) is 6.80. The fourth-order valence-electron chi connectivity index (χ4n) is 3.73. The topological polar surface area (TPSA) is 110 Å². The molecule has 1 heterocycles. The summed E-state index contributed by atoms with van der Waals surface area (Å²) in [4.78, 5) is 0. The van der Waals surface area contributed by atoms with Crippen LogP contribution >= 0.6 is 0 Å². The van der Waals surface area contributed by atoms with E-state index in [0.717, 1.165) is 0 Å². The van der Waals surface area contributed by atoms with Gasteiger partial charge >= 0.3 is 0 Å². The third-order valence-corrected chi connectivity index (χ3v) is 5.11. The quantitative estimate of drug-likeness (QED) is 0.534. The van der Waals surface area contributed by atoms with E-state index in [-0.39, 0.29) is 17.4 Å². The lowest BCUT2D eigenvalue weighted by molar-refractivity contribution is 0.119. The first kappa shape index (κ1) is 18.0. The maximum Gasteiger partial charge on any atom is 0.200 e. The Bertz CT molecular complexity index is 835. The molecule has 0 spiro atoms. The molecule has 0 bridgehead atoms. The number of benzene rings is 2. The highest BCUT2D eigenvalue weighted by molar-refractivity contribution is 5.63. The van der Waals surface area contributed by atoms with Gasteiger partial charge in [0.25, 0.3) is 0 Å². The molecule has 6 nitrogen and oxygen atoms in total. The van der Waals surface area contributed by atoms with Gasteiger partial charge in [-0.15, -0.1) is 0 Å². The molecular formula is C20H24O6. The van der Waals surface area contributed by atoms with Crippen molar-refractivity contribution in [1.82, 2.24) is 0 Å². The van der Waals surface area contributed by atoms with Crippen LogP contribution in [0.5, 0.6) is 34.5 Å². The van der Waals surface area contributed by atoms with Gasteiger partial charge in [0, 0.05) is 28.2 Å². The number of phenols is 5. The summed E-state index contributed by atoms with van der Waals surface area (Å²) >= 11 is 0. The van der Waals surface area contributed by atoms with Gasteiger partial charge < -0.3 is 30.3 Å². The minimum atomic E-state index is -0.574. The molecule has 5 N–H and O–H groups in total. The number of aromatic hydroxyl groups is 5. The van der Waals surface area contributed by atoms with Crippen LogP contribution in [0.1, 0.15) is 49.1 Å². The van der Waals surface area contributed by atoms with Crippen LogP contribution in [0.25, 0.3) is 0 Å². The summed E-state index contributed by atoms with van der Waals surface area (Å²) in [6.45, 7) is 5.72. The standard InChI is InChI=1S/C20H24O6/c1-4-11-16(23)12(5-2)20-13(17(11)24)6-9(3)19(26-20)10-7-14(21)18(25)15(22)8-10/h7-9,19,21-25H,4-6H2,1-3H3/t9-,19+/m1/s1. The van der Waals surface area contributed by atoms with Gasteiger partial charge in [0.1, 0.15) is 23.4 Å². The zero-order chi connectivity index (χ0) is 19.2. The van der Waals surface area contributed by atoms with Gasteiger partial charge in [-0.3, -0.25) is 0 Å². The smallest absolute Gasteiger partial charge is 0.200 e. The van der Waals surface area contributed by atoms with Gasteiger partial charge in [-0.2, -0.15) is 0 Å². The van der Waals surface area contributed by atoms with E-state index in [0.29, 0.717) is 47.3 Å². The molecule has 3 rings (SSSR count). The summed E-state index contributed by atoms with van der Waals surface area (Å²) in [6.07, 6.45) is 1.06. The monoisotopic (exact) mass is 360 g/mol. The number of fused-ring (bicyclic) bond motifs is 1. The Labute approximate surface area is 151 Å². The minimum Gasteiger partial charge on any atom is -0.507 e. The van der Waals surface area contributed by atoms with Crippen LogP contribution in [0.4, 0.5) is 0 Å². The molecule has 26 heavy (non-hydrogen) atoms. The van der Waals surface area contributed by atoms with Gasteiger partial charge in [0.05, 0.1) is 0 Å². The van der Waals surface area contributed by atoms with Gasteiger partial charge in [-0.25, -0.2) is 0 Å². The van der Waals surface area contributed by atoms with E-state index >= 15 is 0 Å². The minimum absolute atomic E-state index is 0.0518. The highest BCUT2D eigenvalue weighted by Gasteiger charge is 2.34. The molecule has 0 fully saturated rings. The average Bonchev–Trinajstić information content (AvgIpc) is 2.60. The predicted octanol–water partition coefficient (Wildman–Crippen LogP) is 3.65. The van der Waals surface area contributed by atoms with Gasteiger partial charge in [-0.05, 0) is 31.4 Å². The van der Waals surface area contributed by atoms with Crippen LogP contribution in [0.15, 0.2) is 12.1 Å². The molecule has 2 aromatic rings. The maximum atomic E-state index is 10.6. The summed E-state index contributed by atoms with van der Waals surface area (Å²) in [5, 5.41) is 50.3. The Hall–Kier alpha value is -2.76. The number of ether oxygens (including phenoxy) is 1. The maximum absolute atomic E-state index is 10.6. The Kier molecular flexibility index (Phi) is 4.52. The third kappa shape index (κ3) is 2.66. The lowest BCUT2D eigenvalue weighted by Gasteiger charge is -2.34. The Morgan fingerprint density at radius 2 is 1.46 bits per heavy atom. The SMILES string of the molecule is CCc1c(O)c(CC)c2c(c1O)C[C@@H](C)[C@@H](c1cc(O)c(O)c(O)c1)O2. The van der Waals surface area contributed by atoms with E-state index < -0.39 is 23.4 Å². The first-order chi connectivity index (χ1) is 12.3. The van der Waals surface area contributed by atoms with E-state index in [1.165, 1.54) is 12.1 Å². The number of phenolic OH excluding ortho intramolecular Hbond substituents is 5. The van der Waals surface area contributed by atoms with Crippen molar-refractivity contribution < 1.29 is 30.3 Å². The number of hydrogen-bond acceptors (Lipinski definition) is 6. The molecule has 0 radical (unpaired) electrons. The van der Waals surface area contributed by atoms with Crippen LogP contribution in [-0.4, -0.2) is 25.5 Å². The normalized spacial score (nSPS) is 19.0. The molecule has 140 valence electrons. The fraction of sp³-hybridized carbons (Fsp3) is 0.400. The molecule has 0 saturated heterocycles. The molecular weight excluding hydrogens is 336 g/mol. The van der Waals surface area contributed by atoms with Crippen LogP contribution in [0, 0.1) is 5.92 Å². The van der Waals surface area contributed by atoms with E-state index in [2.05, 4.69) is 0 Å². The van der Waals surface area contributed by atoms with E-state index in [1.807, 2.05) is 20.8 Å². The third-order valence-electron chi connectivity index (χ3n) is 5.11. The van der Waals surface area contributed by atoms with Crippen molar-refractivity contribution in [1.29, 1.82) is 0 Å². The summed E-state index contributed by atoms with van der Waals surface area (Å²) < 4.78 is 6.14. The van der Waals surface area contributed by atoms with Crippen molar-refractivity contribution in [3.8, 4) is 34.5 Å². The van der Waals surface area contributed by atoms with Crippen molar-refractivity contribution in [3.05, 3.63) is 34.4 Å². The summed E-state index contributed by atoms with van der Waals surface area (Å²) in [5.74, 6) is -0.913. The zero-order valence-electron chi connectivity index (χ0n) is 15.1. The summed E-state index contributed by atoms with van der Waals surface area (Å²) in [5.41, 5.74) is 2.34. The first-order valence-corrected chi connectivity index (χ1v) is 8.80. The molecule has 2 atom stereocenters. The van der Waals surface area contributed by atoms with Crippen molar-refractivity contribution in [2.75, 3.05) is 0 Å². The van der Waals surface area contributed by atoms with Gasteiger partial charge in [0.2, 0.25) is 0 Å². The highest BCUT2D eigenvalue weighted by atomic mass is 16.5. The average molecular weight is 360 g/mol. The second kappa shape index (κ2) is 6.52. The Morgan fingerprint density at radius 1 is 0.885 bits per heavy atom. The van der Waals surface area contributed by atoms with E-state index in [9.17, 15) is 25.5 Å². The van der Waals surface area contributed by atoms with E-state index in [4.69, 9.17) is 4.74 Å². The van der Waals surface area contributed by atoms with Crippen LogP contribution in [0.2, 0.25) is 0 Å². The molecule has 0 aromatic heterocycles. The molecule has 0 aliphatic carbocycles. The molecule has 0 unspecified atom stereocenters. The largest absolute Gasteiger partial charge is 0.507 e. The molecule has 0 amide bonds. The molecule has 1 aliphatic heterocycles. The number of rotatable bonds is 3. The van der Waals surface area contributed by atoms with Crippen molar-refractivity contribution >= 4 is 0 Å². The zero-order valence-corrected chi connectivity index (χ0v) is 15.1. The van der Waals surface area contributed by atoms with Crippen molar-refractivity contribution in [3.63, 3.8) is 0 Å². The second-order valence-corrected chi connectivity index (χ2v) is 6.80. The van der Waals surface area contributed by atoms with Crippen molar-refractivity contribution in [2.45, 2.75) is 46.1 Å². The molecule has 1 aliphatic rings. The highest BCUT2D eigenvalue weighted by Crippen LogP contribution is 2.50. The lowest BCUT2D eigenvalue weighted by atomic mass is 9.84.